The summed E-state index contributed by atoms with van der Waals surface area (Å²) in [6.07, 6.45) is 2.93. The van der Waals surface area contributed by atoms with E-state index in [9.17, 15) is 4.79 Å². The van der Waals surface area contributed by atoms with Gasteiger partial charge in [0.05, 0.1) is 5.52 Å². The number of aryl methyl sites for hydroxylation is 2. The highest BCUT2D eigenvalue weighted by Crippen LogP contribution is 2.38. The van der Waals surface area contributed by atoms with Crippen LogP contribution < -0.4 is 4.74 Å². The molecule has 0 aliphatic heterocycles. The van der Waals surface area contributed by atoms with E-state index in [1.807, 2.05) is 19.2 Å². The van der Waals surface area contributed by atoms with Crippen LogP contribution in [-0.2, 0) is 4.79 Å². The van der Waals surface area contributed by atoms with Gasteiger partial charge in [-0.1, -0.05) is 6.92 Å². The highest BCUT2D eigenvalue weighted by atomic mass is 35.5. The second-order valence-corrected chi connectivity index (χ2v) is 5.49. The van der Waals surface area contributed by atoms with Crippen LogP contribution in [0.25, 0.3) is 10.9 Å². The third-order valence-electron chi connectivity index (χ3n) is 3.71. The molecule has 3 nitrogen and oxygen atoms in total. The number of fused-ring (bicyclic) bond motifs is 1. The number of H-pyrrole nitrogens is 1. The van der Waals surface area contributed by atoms with Crippen LogP contribution in [0.2, 0.25) is 0 Å². The Kier molecular flexibility index (Phi) is 4.39. The molecule has 1 heterocycles. The molecule has 108 valence electrons. The van der Waals surface area contributed by atoms with E-state index in [0.717, 1.165) is 28.5 Å². The summed E-state index contributed by atoms with van der Waals surface area (Å²) in [5.41, 5.74) is 4.40. The van der Waals surface area contributed by atoms with Crippen molar-refractivity contribution in [3.8, 4) is 5.75 Å². The summed E-state index contributed by atoms with van der Waals surface area (Å²) in [7, 11) is 0. The van der Waals surface area contributed by atoms with E-state index in [4.69, 9.17) is 16.3 Å². The van der Waals surface area contributed by atoms with Gasteiger partial charge in [0.2, 0.25) is 0 Å². The maximum atomic E-state index is 11.2. The molecule has 0 unspecified atom stereocenters. The number of rotatable bonds is 4. The van der Waals surface area contributed by atoms with Gasteiger partial charge < -0.3 is 9.72 Å². The molecule has 0 radical (unpaired) electrons. The van der Waals surface area contributed by atoms with E-state index in [1.54, 1.807) is 0 Å². The van der Waals surface area contributed by atoms with Crippen LogP contribution in [-0.4, -0.2) is 16.8 Å². The Morgan fingerprint density at radius 3 is 2.65 bits per heavy atom. The summed E-state index contributed by atoms with van der Waals surface area (Å²) in [5.74, 6) is 1.17. The first-order valence-corrected chi connectivity index (χ1v) is 7.38. The summed E-state index contributed by atoms with van der Waals surface area (Å²) < 4.78 is 5.32. The third-order valence-corrected chi connectivity index (χ3v) is 4.08. The van der Waals surface area contributed by atoms with Crippen molar-refractivity contribution in [2.24, 2.45) is 0 Å². The largest absolute Gasteiger partial charge is 0.424 e. The standard InChI is InChI=1S/C16H20ClNO2/c1-5-12(7-17)14-9(2)6-13(20-11(4)19)16-15(14)10(3)8-18-16/h6,8,12,18H,5,7H2,1-4H3/t12-/m0/s1. The lowest BCUT2D eigenvalue weighted by Gasteiger charge is -2.18. The zero-order valence-electron chi connectivity index (χ0n) is 12.3. The van der Waals surface area contributed by atoms with Gasteiger partial charge in [-0.3, -0.25) is 4.79 Å². The predicted octanol–water partition coefficient (Wildman–Crippen LogP) is 4.44. The van der Waals surface area contributed by atoms with E-state index < -0.39 is 0 Å². The molecule has 4 heteroatoms. The van der Waals surface area contributed by atoms with Crippen LogP contribution >= 0.6 is 11.6 Å². The quantitative estimate of drug-likeness (QED) is 0.514. The van der Waals surface area contributed by atoms with Crippen LogP contribution in [0.3, 0.4) is 0 Å². The van der Waals surface area contributed by atoms with Crippen molar-refractivity contribution in [1.29, 1.82) is 0 Å². The van der Waals surface area contributed by atoms with E-state index in [1.165, 1.54) is 12.5 Å². The molecule has 2 rings (SSSR count). The first-order valence-electron chi connectivity index (χ1n) is 6.85. The molecule has 0 aliphatic carbocycles. The number of hydrogen-bond donors (Lipinski definition) is 1. The van der Waals surface area contributed by atoms with Gasteiger partial charge in [-0.05, 0) is 48.9 Å². The average Bonchev–Trinajstić information content (AvgIpc) is 2.76. The molecule has 1 atom stereocenters. The number of hydrogen-bond acceptors (Lipinski definition) is 2. The van der Waals surface area contributed by atoms with Gasteiger partial charge >= 0.3 is 5.97 Å². The number of carbonyl (C=O) groups excluding carboxylic acids is 1. The molecule has 0 saturated carbocycles. The van der Waals surface area contributed by atoms with Crippen LogP contribution in [0.1, 0.15) is 42.9 Å². The molecule has 1 aromatic carbocycles. The average molecular weight is 294 g/mol. The Morgan fingerprint density at radius 1 is 1.40 bits per heavy atom. The lowest BCUT2D eigenvalue weighted by molar-refractivity contribution is -0.131. The third kappa shape index (κ3) is 2.55. The van der Waals surface area contributed by atoms with Crippen LogP contribution in [0.5, 0.6) is 5.75 Å². The fourth-order valence-electron chi connectivity index (χ4n) is 2.76. The zero-order chi connectivity index (χ0) is 14.9. The number of halogens is 1. The maximum absolute atomic E-state index is 11.2. The van der Waals surface area contributed by atoms with Crippen molar-refractivity contribution < 1.29 is 9.53 Å². The molecule has 0 fully saturated rings. The summed E-state index contributed by atoms with van der Waals surface area (Å²) in [6.45, 7) is 7.66. The summed E-state index contributed by atoms with van der Waals surface area (Å²) in [4.78, 5) is 14.5. The van der Waals surface area contributed by atoms with Gasteiger partial charge in [0.15, 0.2) is 5.75 Å². The SMILES string of the molecule is CC[C@@H](CCl)c1c(C)cc(OC(C)=O)c2[nH]cc(C)c12. The van der Waals surface area contributed by atoms with E-state index in [2.05, 4.69) is 18.8 Å². The second-order valence-electron chi connectivity index (χ2n) is 5.18. The number of aromatic amines is 1. The van der Waals surface area contributed by atoms with Gasteiger partial charge in [-0.25, -0.2) is 0 Å². The van der Waals surface area contributed by atoms with E-state index >= 15 is 0 Å². The molecular formula is C16H20ClNO2. The van der Waals surface area contributed by atoms with Crippen molar-refractivity contribution in [2.75, 3.05) is 5.88 Å². The number of nitrogens with one attached hydrogen (secondary N) is 1. The lowest BCUT2D eigenvalue weighted by atomic mass is 9.89. The van der Waals surface area contributed by atoms with Crippen molar-refractivity contribution in [3.63, 3.8) is 0 Å². The topological polar surface area (TPSA) is 42.1 Å². The Balaban J connectivity index is 2.74. The molecule has 20 heavy (non-hydrogen) atoms. The first-order chi connectivity index (χ1) is 9.49. The molecule has 0 bridgehead atoms. The molecule has 2 aromatic rings. The van der Waals surface area contributed by atoms with Crippen molar-refractivity contribution >= 4 is 28.5 Å². The highest BCUT2D eigenvalue weighted by molar-refractivity contribution is 6.18. The minimum Gasteiger partial charge on any atom is -0.424 e. The Labute approximate surface area is 124 Å². The Morgan fingerprint density at radius 2 is 2.10 bits per heavy atom. The molecule has 1 aromatic heterocycles. The van der Waals surface area contributed by atoms with Gasteiger partial charge in [0, 0.05) is 24.4 Å². The van der Waals surface area contributed by atoms with Crippen LogP contribution in [0.15, 0.2) is 12.3 Å². The number of aromatic nitrogens is 1. The van der Waals surface area contributed by atoms with Gasteiger partial charge in [-0.2, -0.15) is 0 Å². The molecule has 0 spiro atoms. The number of esters is 1. The monoisotopic (exact) mass is 293 g/mol. The van der Waals surface area contributed by atoms with Gasteiger partial charge in [-0.15, -0.1) is 11.6 Å². The first kappa shape index (κ1) is 14.9. The number of alkyl halides is 1. The van der Waals surface area contributed by atoms with Crippen molar-refractivity contribution in [1.82, 2.24) is 4.98 Å². The molecular weight excluding hydrogens is 274 g/mol. The lowest BCUT2D eigenvalue weighted by Crippen LogP contribution is -2.06. The zero-order valence-corrected chi connectivity index (χ0v) is 13.1. The molecule has 0 amide bonds. The normalized spacial score (nSPS) is 12.7. The van der Waals surface area contributed by atoms with Gasteiger partial charge in [0.25, 0.3) is 0 Å². The van der Waals surface area contributed by atoms with Crippen LogP contribution in [0.4, 0.5) is 0 Å². The molecule has 0 aliphatic rings. The number of benzene rings is 1. The van der Waals surface area contributed by atoms with E-state index in [-0.39, 0.29) is 5.97 Å². The number of carbonyl (C=O) groups is 1. The summed E-state index contributed by atoms with van der Waals surface area (Å²) in [6, 6.07) is 1.92. The highest BCUT2D eigenvalue weighted by Gasteiger charge is 2.20. The summed E-state index contributed by atoms with van der Waals surface area (Å²) >= 11 is 6.12. The van der Waals surface area contributed by atoms with Gasteiger partial charge in [0.1, 0.15) is 0 Å². The smallest absolute Gasteiger partial charge is 0.308 e. The Hall–Kier alpha value is -1.48. The van der Waals surface area contributed by atoms with Crippen molar-refractivity contribution in [2.45, 2.75) is 40.0 Å². The maximum Gasteiger partial charge on any atom is 0.308 e. The minimum absolute atomic E-state index is 0.306. The molecule has 0 saturated heterocycles. The summed E-state index contributed by atoms with van der Waals surface area (Å²) in [5, 5.41) is 1.13. The number of ether oxygens (including phenoxy) is 1. The minimum atomic E-state index is -0.310. The fraction of sp³-hybridized carbons (Fsp3) is 0.438. The fourth-order valence-corrected chi connectivity index (χ4v) is 3.13. The molecule has 1 N–H and O–H groups in total. The van der Waals surface area contributed by atoms with Crippen LogP contribution in [0, 0.1) is 13.8 Å². The van der Waals surface area contributed by atoms with E-state index in [0.29, 0.717) is 17.5 Å². The predicted molar refractivity (Wildman–Crippen MR) is 82.8 cm³/mol. The second kappa shape index (κ2) is 5.88. The Bertz CT molecular complexity index is 641. The van der Waals surface area contributed by atoms with Crippen molar-refractivity contribution in [3.05, 3.63) is 29.0 Å².